The van der Waals surface area contributed by atoms with E-state index in [0.717, 1.165) is 37.8 Å². The van der Waals surface area contributed by atoms with Gasteiger partial charge in [-0.15, -0.1) is 0 Å². The summed E-state index contributed by atoms with van der Waals surface area (Å²) in [6.45, 7) is 3.44. The summed E-state index contributed by atoms with van der Waals surface area (Å²) in [5.74, 6) is 0.956. The van der Waals surface area contributed by atoms with Crippen LogP contribution in [0.15, 0.2) is 24.3 Å². The van der Waals surface area contributed by atoms with Crippen LogP contribution in [0.5, 0.6) is 5.75 Å². The molecule has 0 unspecified atom stereocenters. The second kappa shape index (κ2) is 6.76. The minimum Gasteiger partial charge on any atom is -0.497 e. The zero-order chi connectivity index (χ0) is 12.8. The molecule has 0 spiro atoms. The molecule has 1 heterocycles. The molecule has 0 bridgehead atoms. The molecule has 1 aliphatic rings. The van der Waals surface area contributed by atoms with Crippen LogP contribution in [0.1, 0.15) is 18.4 Å². The number of rotatable bonds is 5. The van der Waals surface area contributed by atoms with E-state index in [4.69, 9.17) is 4.74 Å². The standard InChI is InChI=1S/C15H24N2O/c1-17(14-6-9-16-10-7-14)11-8-13-4-3-5-15(12-13)18-2/h3-5,12,14,16H,6-11H2,1-2H3. The Morgan fingerprint density at radius 2 is 2.11 bits per heavy atom. The number of hydrogen-bond donors (Lipinski definition) is 1. The van der Waals surface area contributed by atoms with Gasteiger partial charge in [0, 0.05) is 12.6 Å². The summed E-state index contributed by atoms with van der Waals surface area (Å²) in [4.78, 5) is 2.50. The van der Waals surface area contributed by atoms with E-state index in [1.54, 1.807) is 7.11 Å². The van der Waals surface area contributed by atoms with Gasteiger partial charge >= 0.3 is 0 Å². The Hall–Kier alpha value is -1.06. The van der Waals surface area contributed by atoms with Crippen LogP contribution in [0.25, 0.3) is 0 Å². The third-order valence-corrected chi connectivity index (χ3v) is 3.82. The molecule has 3 nitrogen and oxygen atoms in total. The number of methoxy groups -OCH3 is 1. The van der Waals surface area contributed by atoms with Crippen molar-refractivity contribution in [2.45, 2.75) is 25.3 Å². The van der Waals surface area contributed by atoms with E-state index in [1.807, 2.05) is 6.07 Å². The van der Waals surface area contributed by atoms with Crippen molar-refractivity contribution in [3.05, 3.63) is 29.8 Å². The third kappa shape index (κ3) is 3.72. The van der Waals surface area contributed by atoms with Crippen molar-refractivity contribution in [2.24, 2.45) is 0 Å². The zero-order valence-electron chi connectivity index (χ0n) is 11.5. The van der Waals surface area contributed by atoms with Crippen LogP contribution in [0, 0.1) is 0 Å². The van der Waals surface area contributed by atoms with Gasteiger partial charge in [0.1, 0.15) is 5.75 Å². The van der Waals surface area contributed by atoms with Crippen molar-refractivity contribution in [3.63, 3.8) is 0 Å². The molecule has 0 amide bonds. The second-order valence-electron chi connectivity index (χ2n) is 5.06. The fraction of sp³-hybridized carbons (Fsp3) is 0.600. The average Bonchev–Trinajstić information content (AvgIpc) is 2.46. The first-order valence-electron chi connectivity index (χ1n) is 6.83. The SMILES string of the molecule is COc1cccc(CCN(C)C2CCNCC2)c1. The Balaban J connectivity index is 1.82. The molecule has 1 N–H and O–H groups in total. The highest BCUT2D eigenvalue weighted by Crippen LogP contribution is 2.15. The Labute approximate surface area is 110 Å². The van der Waals surface area contributed by atoms with Gasteiger partial charge in [-0.2, -0.15) is 0 Å². The number of likely N-dealkylation sites (N-methyl/N-ethyl adjacent to an activating group) is 1. The van der Waals surface area contributed by atoms with Gasteiger partial charge in [0.2, 0.25) is 0 Å². The summed E-state index contributed by atoms with van der Waals surface area (Å²) in [7, 11) is 3.97. The van der Waals surface area contributed by atoms with E-state index >= 15 is 0 Å². The smallest absolute Gasteiger partial charge is 0.119 e. The number of hydrogen-bond acceptors (Lipinski definition) is 3. The van der Waals surface area contributed by atoms with E-state index < -0.39 is 0 Å². The van der Waals surface area contributed by atoms with Crippen LogP contribution < -0.4 is 10.1 Å². The summed E-state index contributed by atoms with van der Waals surface area (Å²) >= 11 is 0. The molecule has 0 saturated carbocycles. The van der Waals surface area contributed by atoms with E-state index in [0.29, 0.717) is 0 Å². The van der Waals surface area contributed by atoms with Crippen LogP contribution in [0.2, 0.25) is 0 Å². The zero-order valence-corrected chi connectivity index (χ0v) is 11.5. The number of piperidine rings is 1. The lowest BCUT2D eigenvalue weighted by Gasteiger charge is -2.31. The van der Waals surface area contributed by atoms with Crippen molar-refractivity contribution in [1.82, 2.24) is 10.2 Å². The summed E-state index contributed by atoms with van der Waals surface area (Å²) in [6, 6.07) is 9.13. The third-order valence-electron chi connectivity index (χ3n) is 3.82. The van der Waals surface area contributed by atoms with Crippen LogP contribution >= 0.6 is 0 Å². The van der Waals surface area contributed by atoms with E-state index in [1.165, 1.54) is 18.4 Å². The Bertz CT molecular complexity index is 361. The molecule has 3 heteroatoms. The molecule has 1 saturated heterocycles. The molecule has 1 aliphatic heterocycles. The topological polar surface area (TPSA) is 24.5 Å². The maximum Gasteiger partial charge on any atom is 0.119 e. The van der Waals surface area contributed by atoms with Crippen LogP contribution in [0.3, 0.4) is 0 Å². The Kier molecular flexibility index (Phi) is 5.02. The number of benzene rings is 1. The van der Waals surface area contributed by atoms with Gasteiger partial charge in [-0.05, 0) is 57.1 Å². The highest BCUT2D eigenvalue weighted by molar-refractivity contribution is 5.28. The van der Waals surface area contributed by atoms with E-state index in [-0.39, 0.29) is 0 Å². The highest BCUT2D eigenvalue weighted by atomic mass is 16.5. The molecule has 1 aromatic rings. The molecule has 0 atom stereocenters. The maximum absolute atomic E-state index is 5.26. The summed E-state index contributed by atoms with van der Waals surface area (Å²) in [5, 5.41) is 3.42. The first-order valence-corrected chi connectivity index (χ1v) is 6.83. The summed E-state index contributed by atoms with van der Waals surface area (Å²) < 4.78 is 5.26. The normalized spacial score (nSPS) is 17.1. The van der Waals surface area contributed by atoms with Crippen molar-refractivity contribution >= 4 is 0 Å². The molecule has 100 valence electrons. The molecular formula is C15H24N2O. The first-order chi connectivity index (χ1) is 8.79. The number of nitrogens with zero attached hydrogens (tertiary/aromatic N) is 1. The van der Waals surface area contributed by atoms with Crippen LogP contribution in [-0.2, 0) is 6.42 Å². The summed E-state index contributed by atoms with van der Waals surface area (Å²) in [5.41, 5.74) is 1.36. The minimum atomic E-state index is 0.747. The minimum absolute atomic E-state index is 0.747. The van der Waals surface area contributed by atoms with Gasteiger partial charge in [0.15, 0.2) is 0 Å². The predicted octanol–water partition coefficient (Wildman–Crippen LogP) is 1.92. The molecule has 0 aliphatic carbocycles. The van der Waals surface area contributed by atoms with Gasteiger partial charge < -0.3 is 15.0 Å². The molecule has 18 heavy (non-hydrogen) atoms. The highest BCUT2D eigenvalue weighted by Gasteiger charge is 2.17. The monoisotopic (exact) mass is 248 g/mol. The van der Waals surface area contributed by atoms with Gasteiger partial charge in [-0.25, -0.2) is 0 Å². The first kappa shape index (κ1) is 13.4. The second-order valence-corrected chi connectivity index (χ2v) is 5.06. The van der Waals surface area contributed by atoms with Gasteiger partial charge in [0.05, 0.1) is 7.11 Å². The molecule has 1 aromatic carbocycles. The number of nitrogens with one attached hydrogen (secondary N) is 1. The molecule has 0 aromatic heterocycles. The molecular weight excluding hydrogens is 224 g/mol. The predicted molar refractivity (Wildman–Crippen MR) is 75.2 cm³/mol. The van der Waals surface area contributed by atoms with Crippen molar-refractivity contribution < 1.29 is 4.74 Å². The van der Waals surface area contributed by atoms with Crippen molar-refractivity contribution in [2.75, 3.05) is 33.8 Å². The van der Waals surface area contributed by atoms with E-state index in [9.17, 15) is 0 Å². The van der Waals surface area contributed by atoms with Crippen molar-refractivity contribution in [3.8, 4) is 5.75 Å². The maximum atomic E-state index is 5.26. The number of ether oxygens (including phenoxy) is 1. The van der Waals surface area contributed by atoms with Gasteiger partial charge in [-0.3, -0.25) is 0 Å². The van der Waals surface area contributed by atoms with Crippen molar-refractivity contribution in [1.29, 1.82) is 0 Å². The van der Waals surface area contributed by atoms with Gasteiger partial charge in [0.25, 0.3) is 0 Å². The molecule has 1 fully saturated rings. The molecule has 0 radical (unpaired) electrons. The largest absolute Gasteiger partial charge is 0.497 e. The lowest BCUT2D eigenvalue weighted by Crippen LogP contribution is -2.41. The Morgan fingerprint density at radius 3 is 2.83 bits per heavy atom. The van der Waals surface area contributed by atoms with Gasteiger partial charge in [-0.1, -0.05) is 12.1 Å². The Morgan fingerprint density at radius 1 is 1.33 bits per heavy atom. The lowest BCUT2D eigenvalue weighted by molar-refractivity contribution is 0.201. The lowest BCUT2D eigenvalue weighted by atomic mass is 10.0. The average molecular weight is 248 g/mol. The summed E-state index contributed by atoms with van der Waals surface area (Å²) in [6.07, 6.45) is 3.64. The quantitative estimate of drug-likeness (QED) is 0.861. The van der Waals surface area contributed by atoms with Crippen LogP contribution in [0.4, 0.5) is 0 Å². The fourth-order valence-corrected chi connectivity index (χ4v) is 2.56. The molecule has 2 rings (SSSR count). The fourth-order valence-electron chi connectivity index (χ4n) is 2.56. The van der Waals surface area contributed by atoms with Crippen LogP contribution in [-0.4, -0.2) is 44.7 Å². The van der Waals surface area contributed by atoms with E-state index in [2.05, 4.69) is 35.5 Å².